The lowest BCUT2D eigenvalue weighted by Crippen LogP contribution is -2.21. The van der Waals surface area contributed by atoms with E-state index >= 15 is 0 Å². The summed E-state index contributed by atoms with van der Waals surface area (Å²) in [5.41, 5.74) is 0.830. The highest BCUT2D eigenvalue weighted by Gasteiger charge is 2.55. The lowest BCUT2D eigenvalue weighted by atomic mass is 9.87. The minimum atomic E-state index is -0.383. The van der Waals surface area contributed by atoms with Crippen LogP contribution in [0, 0.1) is 0 Å². The highest BCUT2D eigenvalue weighted by atomic mass is 32.1. The summed E-state index contributed by atoms with van der Waals surface area (Å²) in [5.74, 6) is 0.518. The number of carbonyl (C=O) groups excluding carboxylic acids is 1. The van der Waals surface area contributed by atoms with Gasteiger partial charge in [-0.2, -0.15) is 0 Å². The molecule has 0 N–H and O–H groups in total. The van der Waals surface area contributed by atoms with Crippen molar-refractivity contribution >= 4 is 17.3 Å². The summed E-state index contributed by atoms with van der Waals surface area (Å²) in [4.78, 5) is 16.6. The molecule has 3 nitrogen and oxygen atoms in total. The highest BCUT2D eigenvalue weighted by Crippen LogP contribution is 2.50. The Morgan fingerprint density at radius 1 is 1.39 bits per heavy atom. The van der Waals surface area contributed by atoms with Crippen molar-refractivity contribution in [3.05, 3.63) is 16.1 Å². The van der Waals surface area contributed by atoms with E-state index in [1.807, 2.05) is 0 Å². The molecule has 0 atom stereocenters. The standard InChI is InChI=1S/C14H19NO2S/c1-17-13(16)14(7-8-14)12-15-11(9-18-12)10-5-3-2-4-6-10/h9-10H,2-8H2,1H3. The van der Waals surface area contributed by atoms with Gasteiger partial charge in [-0.15, -0.1) is 11.3 Å². The van der Waals surface area contributed by atoms with Crippen LogP contribution in [0.25, 0.3) is 0 Å². The van der Waals surface area contributed by atoms with E-state index in [9.17, 15) is 4.79 Å². The van der Waals surface area contributed by atoms with Crippen LogP contribution in [0.15, 0.2) is 5.38 Å². The molecule has 0 unspecified atom stereocenters. The van der Waals surface area contributed by atoms with Gasteiger partial charge >= 0.3 is 5.97 Å². The van der Waals surface area contributed by atoms with Gasteiger partial charge in [0.25, 0.3) is 0 Å². The van der Waals surface area contributed by atoms with Crippen molar-refractivity contribution in [2.75, 3.05) is 7.11 Å². The predicted molar refractivity (Wildman–Crippen MR) is 70.9 cm³/mol. The molecule has 0 amide bonds. The average molecular weight is 265 g/mol. The van der Waals surface area contributed by atoms with Crippen molar-refractivity contribution in [3.8, 4) is 0 Å². The lowest BCUT2D eigenvalue weighted by molar-refractivity contribution is -0.143. The topological polar surface area (TPSA) is 39.2 Å². The van der Waals surface area contributed by atoms with Crippen LogP contribution in [0.3, 0.4) is 0 Å². The molecule has 2 fully saturated rings. The van der Waals surface area contributed by atoms with E-state index in [0.29, 0.717) is 5.92 Å². The fourth-order valence-corrected chi connectivity index (χ4v) is 4.07. The highest BCUT2D eigenvalue weighted by molar-refractivity contribution is 7.10. The molecule has 2 aliphatic carbocycles. The second-order valence-corrected chi connectivity index (χ2v) is 6.34. The average Bonchev–Trinajstić information content (AvgIpc) is 3.09. The number of methoxy groups -OCH3 is 1. The Morgan fingerprint density at radius 2 is 2.11 bits per heavy atom. The van der Waals surface area contributed by atoms with Crippen LogP contribution in [0.2, 0.25) is 0 Å². The summed E-state index contributed by atoms with van der Waals surface area (Å²) in [6.07, 6.45) is 8.32. The maximum absolute atomic E-state index is 11.8. The van der Waals surface area contributed by atoms with Gasteiger partial charge in [-0.3, -0.25) is 4.79 Å². The largest absolute Gasteiger partial charge is 0.468 e. The summed E-state index contributed by atoms with van der Waals surface area (Å²) >= 11 is 1.64. The molecule has 0 aliphatic heterocycles. The third-order valence-electron chi connectivity index (χ3n) is 4.28. The van der Waals surface area contributed by atoms with Gasteiger partial charge < -0.3 is 4.74 Å². The minimum Gasteiger partial charge on any atom is -0.468 e. The van der Waals surface area contributed by atoms with Crippen molar-refractivity contribution in [3.63, 3.8) is 0 Å². The first-order valence-corrected chi connectivity index (χ1v) is 7.68. The van der Waals surface area contributed by atoms with E-state index in [4.69, 9.17) is 9.72 Å². The van der Waals surface area contributed by atoms with E-state index in [1.165, 1.54) is 44.9 Å². The van der Waals surface area contributed by atoms with Gasteiger partial charge in [0.2, 0.25) is 0 Å². The Balaban J connectivity index is 1.79. The Kier molecular flexibility index (Phi) is 3.14. The van der Waals surface area contributed by atoms with Crippen LogP contribution in [0.5, 0.6) is 0 Å². The van der Waals surface area contributed by atoms with E-state index in [2.05, 4.69) is 5.38 Å². The first kappa shape index (κ1) is 12.2. The monoisotopic (exact) mass is 265 g/mol. The number of hydrogen-bond acceptors (Lipinski definition) is 4. The molecule has 2 saturated carbocycles. The second kappa shape index (κ2) is 4.65. The van der Waals surface area contributed by atoms with Gasteiger partial charge in [0, 0.05) is 11.3 Å². The molecular weight excluding hydrogens is 246 g/mol. The second-order valence-electron chi connectivity index (χ2n) is 5.49. The summed E-state index contributed by atoms with van der Waals surface area (Å²) in [6.45, 7) is 0. The summed E-state index contributed by atoms with van der Waals surface area (Å²) < 4.78 is 4.91. The number of ether oxygens (including phenoxy) is 1. The van der Waals surface area contributed by atoms with E-state index in [0.717, 1.165) is 17.8 Å². The lowest BCUT2D eigenvalue weighted by Gasteiger charge is -2.19. The molecule has 1 aromatic heterocycles. The van der Waals surface area contributed by atoms with Gasteiger partial charge in [-0.1, -0.05) is 19.3 Å². The molecule has 0 aromatic carbocycles. The number of carbonyl (C=O) groups is 1. The third-order valence-corrected chi connectivity index (χ3v) is 5.35. The fourth-order valence-electron chi connectivity index (χ4n) is 2.92. The predicted octanol–water partition coefficient (Wildman–Crippen LogP) is 3.40. The van der Waals surface area contributed by atoms with Gasteiger partial charge in [0.15, 0.2) is 0 Å². The molecular formula is C14H19NO2S. The zero-order valence-corrected chi connectivity index (χ0v) is 11.6. The van der Waals surface area contributed by atoms with E-state index in [-0.39, 0.29) is 11.4 Å². The molecule has 0 radical (unpaired) electrons. The maximum atomic E-state index is 11.8. The van der Waals surface area contributed by atoms with E-state index < -0.39 is 0 Å². The zero-order valence-electron chi connectivity index (χ0n) is 10.8. The number of nitrogens with zero attached hydrogens (tertiary/aromatic N) is 1. The minimum absolute atomic E-state index is 0.105. The first-order chi connectivity index (χ1) is 8.76. The SMILES string of the molecule is COC(=O)C1(c2nc(C3CCCCC3)cs2)CC1. The van der Waals surface area contributed by atoms with Crippen molar-refractivity contribution in [1.29, 1.82) is 0 Å². The van der Waals surface area contributed by atoms with Crippen LogP contribution >= 0.6 is 11.3 Å². The van der Waals surface area contributed by atoms with Gasteiger partial charge in [0.1, 0.15) is 10.4 Å². The Labute approximate surface area is 112 Å². The van der Waals surface area contributed by atoms with E-state index in [1.54, 1.807) is 11.3 Å². The molecule has 4 heteroatoms. The molecule has 18 heavy (non-hydrogen) atoms. The number of rotatable bonds is 3. The summed E-state index contributed by atoms with van der Waals surface area (Å²) in [6, 6.07) is 0. The molecule has 1 aromatic rings. The fraction of sp³-hybridized carbons (Fsp3) is 0.714. The number of aromatic nitrogens is 1. The van der Waals surface area contributed by atoms with Crippen molar-refractivity contribution in [2.24, 2.45) is 0 Å². The van der Waals surface area contributed by atoms with Gasteiger partial charge in [-0.05, 0) is 25.7 Å². The molecule has 2 aliphatic rings. The summed E-state index contributed by atoms with van der Waals surface area (Å²) in [5, 5.41) is 3.14. The van der Waals surface area contributed by atoms with Crippen molar-refractivity contribution < 1.29 is 9.53 Å². The molecule has 3 rings (SSSR count). The maximum Gasteiger partial charge on any atom is 0.318 e. The van der Waals surface area contributed by atoms with Crippen LogP contribution in [-0.2, 0) is 14.9 Å². The van der Waals surface area contributed by atoms with Crippen LogP contribution < -0.4 is 0 Å². The van der Waals surface area contributed by atoms with Crippen LogP contribution in [0.1, 0.15) is 61.6 Å². The Bertz CT molecular complexity index is 444. The zero-order chi connectivity index (χ0) is 12.6. The first-order valence-electron chi connectivity index (χ1n) is 6.80. The normalized spacial score (nSPS) is 22.7. The van der Waals surface area contributed by atoms with Crippen molar-refractivity contribution in [1.82, 2.24) is 4.98 Å². The summed E-state index contributed by atoms with van der Waals surface area (Å²) in [7, 11) is 1.47. The number of esters is 1. The molecule has 1 heterocycles. The van der Waals surface area contributed by atoms with Crippen LogP contribution in [0.4, 0.5) is 0 Å². The van der Waals surface area contributed by atoms with Crippen LogP contribution in [-0.4, -0.2) is 18.1 Å². The third kappa shape index (κ3) is 1.96. The molecule has 98 valence electrons. The number of thiazole rings is 1. The van der Waals surface area contributed by atoms with Gasteiger partial charge in [-0.25, -0.2) is 4.98 Å². The molecule has 0 bridgehead atoms. The Morgan fingerprint density at radius 3 is 2.72 bits per heavy atom. The molecule has 0 spiro atoms. The van der Waals surface area contributed by atoms with Gasteiger partial charge in [0.05, 0.1) is 12.8 Å². The van der Waals surface area contributed by atoms with Crippen molar-refractivity contribution in [2.45, 2.75) is 56.3 Å². The number of hydrogen-bond donors (Lipinski definition) is 0. The Hall–Kier alpha value is -0.900. The smallest absolute Gasteiger partial charge is 0.318 e. The molecule has 0 saturated heterocycles. The quantitative estimate of drug-likeness (QED) is 0.786.